The number of hydrogen-bond donors (Lipinski definition) is 2. The Morgan fingerprint density at radius 3 is 2.62 bits per heavy atom. The molecule has 1 atom stereocenters. The van der Waals surface area contributed by atoms with Gasteiger partial charge in [0.2, 0.25) is 10.0 Å². The number of nitrogens with one attached hydrogen (secondary N) is 1. The second-order valence-corrected chi connectivity index (χ2v) is 5.76. The van der Waals surface area contributed by atoms with Crippen LogP contribution in [0, 0.1) is 5.92 Å². The van der Waals surface area contributed by atoms with Gasteiger partial charge >= 0.3 is 0 Å². The fourth-order valence-corrected chi connectivity index (χ4v) is 2.59. The molecule has 1 aliphatic carbocycles. The first-order valence-corrected chi connectivity index (χ1v) is 6.20. The summed E-state index contributed by atoms with van der Waals surface area (Å²) in [5.74, 6) is 0.207. The van der Waals surface area contributed by atoms with E-state index >= 15 is 0 Å². The largest absolute Gasteiger partial charge is 0.396 e. The van der Waals surface area contributed by atoms with E-state index in [1.807, 2.05) is 6.92 Å². The molecule has 0 aromatic rings. The van der Waals surface area contributed by atoms with Crippen LogP contribution in [0.5, 0.6) is 0 Å². The smallest absolute Gasteiger partial charge is 0.214 e. The number of aliphatic hydroxyl groups is 1. The molecule has 1 fully saturated rings. The highest BCUT2D eigenvalue weighted by Gasteiger charge is 2.35. The van der Waals surface area contributed by atoms with Crippen LogP contribution in [-0.4, -0.2) is 31.9 Å². The van der Waals surface area contributed by atoms with E-state index < -0.39 is 10.0 Å². The Morgan fingerprint density at radius 2 is 2.15 bits per heavy atom. The van der Waals surface area contributed by atoms with Crippen LogP contribution >= 0.6 is 0 Å². The summed E-state index contributed by atoms with van der Waals surface area (Å²) in [5.41, 5.74) is 0. The quantitative estimate of drug-likeness (QED) is 0.648. The Hall–Kier alpha value is -0.130. The fourth-order valence-electron chi connectivity index (χ4n) is 1.08. The summed E-state index contributed by atoms with van der Waals surface area (Å²) < 4.78 is 25.2. The summed E-state index contributed by atoms with van der Waals surface area (Å²) in [6, 6.07) is 0. The number of sulfonamides is 1. The van der Waals surface area contributed by atoms with Gasteiger partial charge in [-0.1, -0.05) is 6.92 Å². The van der Waals surface area contributed by atoms with Gasteiger partial charge in [-0.25, -0.2) is 13.1 Å². The average Bonchev–Trinajstić information content (AvgIpc) is 2.84. The third-order valence-corrected chi connectivity index (χ3v) is 4.14. The van der Waals surface area contributed by atoms with E-state index in [-0.39, 0.29) is 17.8 Å². The molecule has 0 heterocycles. The van der Waals surface area contributed by atoms with E-state index in [9.17, 15) is 8.42 Å². The lowest BCUT2D eigenvalue weighted by Crippen LogP contribution is -2.31. The normalized spacial score (nSPS) is 20.2. The number of rotatable bonds is 6. The molecule has 0 amide bonds. The zero-order valence-electron chi connectivity index (χ0n) is 7.86. The lowest BCUT2D eigenvalue weighted by molar-refractivity contribution is 0.263. The van der Waals surface area contributed by atoms with Gasteiger partial charge in [-0.15, -0.1) is 0 Å². The fraction of sp³-hybridized carbons (Fsp3) is 1.00. The lowest BCUT2D eigenvalue weighted by atomic mass is 10.1. The first-order chi connectivity index (χ1) is 6.06. The number of hydrogen-bond acceptors (Lipinski definition) is 3. The standard InChI is InChI=1S/C8H17NO3S/c1-7(4-5-10)6-9-13(11,12)8-2-3-8/h7-10H,2-6H2,1H3. The molecule has 78 valence electrons. The second-order valence-electron chi connectivity index (χ2n) is 3.71. The van der Waals surface area contributed by atoms with Crippen molar-refractivity contribution in [3.63, 3.8) is 0 Å². The predicted octanol–water partition coefficient (Wildman–Crippen LogP) is 0.0867. The zero-order valence-corrected chi connectivity index (χ0v) is 8.68. The van der Waals surface area contributed by atoms with Crippen LogP contribution in [0.4, 0.5) is 0 Å². The van der Waals surface area contributed by atoms with Crippen LogP contribution in [0.15, 0.2) is 0 Å². The highest BCUT2D eigenvalue weighted by Crippen LogP contribution is 2.27. The van der Waals surface area contributed by atoms with Crippen molar-refractivity contribution < 1.29 is 13.5 Å². The number of aliphatic hydroxyl groups excluding tert-OH is 1. The average molecular weight is 207 g/mol. The Labute approximate surface area is 79.4 Å². The van der Waals surface area contributed by atoms with E-state index in [4.69, 9.17) is 5.11 Å². The van der Waals surface area contributed by atoms with Crippen molar-refractivity contribution in [1.29, 1.82) is 0 Å². The Kier molecular flexibility index (Phi) is 3.70. The molecule has 4 nitrogen and oxygen atoms in total. The third kappa shape index (κ3) is 3.62. The maximum atomic E-state index is 11.3. The van der Waals surface area contributed by atoms with E-state index in [0.717, 1.165) is 12.8 Å². The van der Waals surface area contributed by atoms with Crippen molar-refractivity contribution >= 4 is 10.0 Å². The summed E-state index contributed by atoms with van der Waals surface area (Å²) >= 11 is 0. The summed E-state index contributed by atoms with van der Waals surface area (Å²) in [5, 5.41) is 8.47. The van der Waals surface area contributed by atoms with Gasteiger partial charge in [-0.2, -0.15) is 0 Å². The summed E-state index contributed by atoms with van der Waals surface area (Å²) in [4.78, 5) is 0. The Balaban J connectivity index is 2.24. The first-order valence-electron chi connectivity index (χ1n) is 4.65. The van der Waals surface area contributed by atoms with Crippen molar-refractivity contribution in [3.05, 3.63) is 0 Å². The molecular weight excluding hydrogens is 190 g/mol. The lowest BCUT2D eigenvalue weighted by Gasteiger charge is -2.10. The first kappa shape index (κ1) is 10.9. The van der Waals surface area contributed by atoms with Gasteiger partial charge in [0.05, 0.1) is 5.25 Å². The molecule has 1 unspecified atom stereocenters. The second kappa shape index (κ2) is 4.39. The van der Waals surface area contributed by atoms with E-state index in [2.05, 4.69) is 4.72 Å². The highest BCUT2D eigenvalue weighted by atomic mass is 32.2. The minimum atomic E-state index is -3.03. The van der Waals surface area contributed by atoms with Crippen molar-refractivity contribution in [2.45, 2.75) is 31.4 Å². The van der Waals surface area contributed by atoms with E-state index in [0.29, 0.717) is 13.0 Å². The molecule has 0 saturated heterocycles. The topological polar surface area (TPSA) is 66.4 Å². The van der Waals surface area contributed by atoms with Crippen LogP contribution in [0.3, 0.4) is 0 Å². The van der Waals surface area contributed by atoms with Crippen molar-refractivity contribution in [3.8, 4) is 0 Å². The maximum Gasteiger partial charge on any atom is 0.214 e. The molecule has 5 heteroatoms. The van der Waals surface area contributed by atoms with Crippen molar-refractivity contribution in [2.75, 3.05) is 13.2 Å². The van der Waals surface area contributed by atoms with Gasteiger partial charge in [-0.3, -0.25) is 0 Å². The van der Waals surface area contributed by atoms with E-state index in [1.54, 1.807) is 0 Å². The van der Waals surface area contributed by atoms with Gasteiger partial charge in [0.1, 0.15) is 0 Å². The van der Waals surface area contributed by atoms with Gasteiger partial charge < -0.3 is 5.11 Å². The van der Waals surface area contributed by atoms with Crippen molar-refractivity contribution in [2.24, 2.45) is 5.92 Å². The maximum absolute atomic E-state index is 11.3. The monoisotopic (exact) mass is 207 g/mol. The minimum absolute atomic E-state index is 0.117. The van der Waals surface area contributed by atoms with Crippen molar-refractivity contribution in [1.82, 2.24) is 4.72 Å². The summed E-state index contributed by atoms with van der Waals surface area (Å²) in [7, 11) is -3.03. The van der Waals surface area contributed by atoms with Crippen LogP contribution in [0.25, 0.3) is 0 Å². The minimum Gasteiger partial charge on any atom is -0.396 e. The molecule has 0 aromatic heterocycles. The van der Waals surface area contributed by atoms with Gasteiger partial charge in [-0.05, 0) is 25.2 Å². The van der Waals surface area contributed by atoms with Crippen LogP contribution in [0.2, 0.25) is 0 Å². The van der Waals surface area contributed by atoms with Gasteiger partial charge in [0.15, 0.2) is 0 Å². The van der Waals surface area contributed by atoms with Crippen LogP contribution in [-0.2, 0) is 10.0 Å². The Bertz CT molecular complexity index is 246. The molecule has 0 radical (unpaired) electrons. The molecule has 0 bridgehead atoms. The Morgan fingerprint density at radius 1 is 1.54 bits per heavy atom. The summed E-state index contributed by atoms with van der Waals surface area (Å²) in [6.45, 7) is 2.48. The molecule has 1 rings (SSSR count). The van der Waals surface area contributed by atoms with E-state index in [1.165, 1.54) is 0 Å². The molecule has 0 aromatic carbocycles. The molecule has 1 aliphatic rings. The molecule has 1 saturated carbocycles. The molecule has 2 N–H and O–H groups in total. The third-order valence-electron chi connectivity index (χ3n) is 2.22. The zero-order chi connectivity index (χ0) is 9.90. The SMILES string of the molecule is CC(CCO)CNS(=O)(=O)C1CC1. The molecule has 13 heavy (non-hydrogen) atoms. The highest BCUT2D eigenvalue weighted by molar-refractivity contribution is 7.90. The van der Waals surface area contributed by atoms with Crippen LogP contribution < -0.4 is 4.72 Å². The summed E-state index contributed by atoms with van der Waals surface area (Å²) in [6.07, 6.45) is 2.24. The van der Waals surface area contributed by atoms with Gasteiger partial charge in [0.25, 0.3) is 0 Å². The van der Waals surface area contributed by atoms with Crippen LogP contribution in [0.1, 0.15) is 26.2 Å². The molecule has 0 spiro atoms. The molecular formula is C8H17NO3S. The van der Waals surface area contributed by atoms with Gasteiger partial charge in [0, 0.05) is 13.2 Å². The molecule has 0 aliphatic heterocycles. The predicted molar refractivity (Wildman–Crippen MR) is 50.8 cm³/mol.